The Morgan fingerprint density at radius 3 is 2.61 bits per heavy atom. The van der Waals surface area contributed by atoms with Crippen molar-refractivity contribution in [1.29, 1.82) is 0 Å². The van der Waals surface area contributed by atoms with Crippen molar-refractivity contribution in [2.45, 2.75) is 107 Å². The molecule has 10 nitrogen and oxygen atoms in total. The number of hydrogen-bond acceptors (Lipinski definition) is 9. The number of terminal acetylenes is 1. The fourth-order valence-corrected chi connectivity index (χ4v) is 9.98. The van der Waals surface area contributed by atoms with Crippen LogP contribution in [0.4, 0.5) is 32.6 Å². The van der Waals surface area contributed by atoms with E-state index in [2.05, 4.69) is 20.5 Å². The van der Waals surface area contributed by atoms with Gasteiger partial charge in [-0.3, -0.25) is 14.5 Å². The molecule has 0 saturated carbocycles. The molecule has 9 rings (SSSR count). The highest BCUT2D eigenvalue weighted by Gasteiger charge is 2.53. The first-order chi connectivity index (χ1) is 26.6. The summed E-state index contributed by atoms with van der Waals surface area (Å²) in [5.41, 5.74) is -0.720. The molecule has 0 radical (unpaired) electrons. The molecular formula is C41H41F5N6O4. The number of carbonyl (C=O) groups is 1. The van der Waals surface area contributed by atoms with Gasteiger partial charge in [-0.2, -0.15) is 9.97 Å². The molecule has 2 aromatic carbocycles. The minimum Gasteiger partial charge on any atom is -0.461 e. The summed E-state index contributed by atoms with van der Waals surface area (Å²) in [6.07, 6.45) is 3.49. The van der Waals surface area contributed by atoms with E-state index in [-0.39, 0.29) is 66.6 Å². The predicted molar refractivity (Wildman–Crippen MR) is 197 cm³/mol. The van der Waals surface area contributed by atoms with Gasteiger partial charge in [0.25, 0.3) is 0 Å². The van der Waals surface area contributed by atoms with Crippen LogP contribution in [0.3, 0.4) is 0 Å². The number of amides is 1. The van der Waals surface area contributed by atoms with Crippen LogP contribution >= 0.6 is 0 Å². The first-order valence-electron chi connectivity index (χ1n) is 19.1. The number of hydrogen-bond donors (Lipinski definition) is 0. The Morgan fingerprint density at radius 2 is 1.84 bits per heavy atom. The van der Waals surface area contributed by atoms with Crippen LogP contribution < -0.4 is 9.64 Å². The van der Waals surface area contributed by atoms with Gasteiger partial charge in [0.1, 0.15) is 35.1 Å². The third-order valence-corrected chi connectivity index (χ3v) is 12.1. The lowest BCUT2D eigenvalue weighted by Gasteiger charge is -2.47. The molecule has 5 aliphatic rings. The van der Waals surface area contributed by atoms with Crippen LogP contribution in [0.5, 0.6) is 6.01 Å². The van der Waals surface area contributed by atoms with Crippen molar-refractivity contribution in [2.24, 2.45) is 0 Å². The van der Waals surface area contributed by atoms with Crippen molar-refractivity contribution in [3.8, 4) is 29.6 Å². The van der Waals surface area contributed by atoms with Crippen molar-refractivity contribution >= 4 is 33.6 Å². The average Bonchev–Trinajstić information content (AvgIpc) is 3.74. The SMILES string of the molecule is C#Cc1c(F)ccc2cccc(-c3nc4c5c(nc(OCC67CCCN6C[C@H](OC(F)(F)F)C7)nc5c3F)N3C[C@H]5CC[C@@H]([C@H]3CC4)N5C(=O)OC(C)(C)C)c12. The maximum Gasteiger partial charge on any atom is 0.522 e. The van der Waals surface area contributed by atoms with E-state index in [1.54, 1.807) is 24.3 Å². The number of anilines is 1. The Balaban J connectivity index is 1.17. The Morgan fingerprint density at radius 1 is 1.02 bits per heavy atom. The van der Waals surface area contributed by atoms with Crippen LogP contribution in [-0.4, -0.2) is 98.8 Å². The lowest BCUT2D eigenvalue weighted by atomic mass is 9.94. The van der Waals surface area contributed by atoms with Gasteiger partial charge in [-0.1, -0.05) is 30.2 Å². The highest BCUT2D eigenvalue weighted by molar-refractivity contribution is 6.03. The van der Waals surface area contributed by atoms with Crippen molar-refractivity contribution in [2.75, 3.05) is 31.1 Å². The number of aryl methyl sites for hydroxylation is 1. The molecule has 1 amide bonds. The number of aromatic nitrogens is 3. The maximum absolute atomic E-state index is 17.4. The normalized spacial score (nSPS) is 26.0. The van der Waals surface area contributed by atoms with Crippen molar-refractivity contribution in [1.82, 2.24) is 24.8 Å². The van der Waals surface area contributed by atoms with Gasteiger partial charge in [-0.15, -0.1) is 19.6 Å². The Labute approximate surface area is 320 Å². The van der Waals surface area contributed by atoms with E-state index in [4.69, 9.17) is 25.9 Å². The molecule has 7 heterocycles. The molecule has 2 bridgehead atoms. The highest BCUT2D eigenvalue weighted by atomic mass is 19.4. The van der Waals surface area contributed by atoms with E-state index < -0.39 is 35.2 Å². The summed E-state index contributed by atoms with van der Waals surface area (Å²) in [7, 11) is 0. The third kappa shape index (κ3) is 6.16. The second-order valence-corrected chi connectivity index (χ2v) is 16.6. The lowest BCUT2D eigenvalue weighted by molar-refractivity contribution is -0.340. The highest BCUT2D eigenvalue weighted by Crippen LogP contribution is 2.46. The van der Waals surface area contributed by atoms with Gasteiger partial charge >= 0.3 is 18.5 Å². The summed E-state index contributed by atoms with van der Waals surface area (Å²) in [6.45, 7) is 6.57. The predicted octanol–water partition coefficient (Wildman–Crippen LogP) is 7.53. The minimum atomic E-state index is -4.77. The monoisotopic (exact) mass is 776 g/mol. The molecule has 0 aliphatic carbocycles. The second-order valence-electron chi connectivity index (χ2n) is 16.6. The van der Waals surface area contributed by atoms with Crippen LogP contribution in [0, 0.1) is 24.0 Å². The van der Waals surface area contributed by atoms with E-state index in [9.17, 15) is 18.0 Å². The largest absolute Gasteiger partial charge is 0.522 e. The molecule has 5 aliphatic heterocycles. The number of nitrogens with zero attached hydrogens (tertiary/aromatic N) is 6. The maximum atomic E-state index is 17.4. The first kappa shape index (κ1) is 36.8. The summed E-state index contributed by atoms with van der Waals surface area (Å²) in [5, 5.41) is 1.36. The molecule has 4 fully saturated rings. The van der Waals surface area contributed by atoms with Gasteiger partial charge in [0.15, 0.2) is 5.82 Å². The van der Waals surface area contributed by atoms with Crippen molar-refractivity contribution in [3.63, 3.8) is 0 Å². The number of halogens is 5. The van der Waals surface area contributed by atoms with E-state index in [1.165, 1.54) is 6.07 Å². The van der Waals surface area contributed by atoms with Crippen LogP contribution in [0.25, 0.3) is 32.9 Å². The van der Waals surface area contributed by atoms with Gasteiger partial charge in [0.2, 0.25) is 0 Å². The fourth-order valence-electron chi connectivity index (χ4n) is 9.98. The number of carbonyl (C=O) groups excluding carboxylic acids is 1. The summed E-state index contributed by atoms with van der Waals surface area (Å²) < 4.78 is 88.8. The number of rotatable bonds is 5. The summed E-state index contributed by atoms with van der Waals surface area (Å²) in [4.78, 5) is 34.0. The Bertz CT molecular complexity index is 2310. The first-order valence-corrected chi connectivity index (χ1v) is 19.1. The van der Waals surface area contributed by atoms with Crippen molar-refractivity contribution < 1.29 is 41.0 Å². The zero-order valence-corrected chi connectivity index (χ0v) is 31.3. The van der Waals surface area contributed by atoms with Gasteiger partial charge in [0.05, 0.1) is 46.4 Å². The van der Waals surface area contributed by atoms with Crippen LogP contribution in [-0.2, 0) is 15.9 Å². The second kappa shape index (κ2) is 13.1. The number of alkyl halides is 3. The molecule has 0 spiro atoms. The minimum absolute atomic E-state index is 0.0159. The summed E-state index contributed by atoms with van der Waals surface area (Å²) in [6, 6.07) is 7.23. The molecule has 2 aromatic heterocycles. The Hall–Kier alpha value is -4.81. The van der Waals surface area contributed by atoms with Gasteiger partial charge < -0.3 is 14.4 Å². The standard InChI is InChI=1S/C41H41F5N6O4/c1-5-25-27(42)12-10-22-8-6-9-26(31(22)25)34-33(43)35-32-28(47-34)13-15-29-30-14-11-23(52(30)38(53)56-39(2,3)4)19-51(29)36(32)49-37(48-35)54-21-40-16-7-17-50(40)20-24(18-40)55-41(44,45)46/h1,6,8-10,12,23-24,29-30H,7,11,13-21H2,2-4H3/t23-,24-,29-,30+,40?/m1/s1. The van der Waals surface area contributed by atoms with E-state index in [1.807, 2.05) is 30.6 Å². The molecule has 294 valence electrons. The van der Waals surface area contributed by atoms with E-state index in [0.717, 1.165) is 19.3 Å². The molecule has 15 heteroatoms. The summed E-state index contributed by atoms with van der Waals surface area (Å²) in [5.74, 6) is 1.45. The molecule has 0 N–H and O–H groups in total. The zero-order valence-electron chi connectivity index (χ0n) is 31.3. The molecular weight excluding hydrogens is 735 g/mol. The molecule has 4 saturated heterocycles. The number of ether oxygens (including phenoxy) is 3. The lowest BCUT2D eigenvalue weighted by Crippen LogP contribution is -2.62. The number of pyridine rings is 1. The molecule has 1 unspecified atom stereocenters. The number of fused-ring (bicyclic) bond motifs is 7. The van der Waals surface area contributed by atoms with E-state index >= 15 is 8.78 Å². The van der Waals surface area contributed by atoms with Gasteiger partial charge in [-0.05, 0) is 83.7 Å². The van der Waals surface area contributed by atoms with Gasteiger partial charge in [-0.25, -0.2) is 18.6 Å². The Kier molecular flexibility index (Phi) is 8.63. The van der Waals surface area contributed by atoms with Crippen LogP contribution in [0.2, 0.25) is 0 Å². The average molecular weight is 777 g/mol. The smallest absolute Gasteiger partial charge is 0.461 e. The van der Waals surface area contributed by atoms with Gasteiger partial charge in [0, 0.05) is 24.0 Å². The van der Waals surface area contributed by atoms with Crippen LogP contribution in [0.1, 0.15) is 70.6 Å². The quantitative estimate of drug-likeness (QED) is 0.151. The molecule has 5 atom stereocenters. The zero-order chi connectivity index (χ0) is 39.3. The van der Waals surface area contributed by atoms with Crippen LogP contribution in [0.15, 0.2) is 30.3 Å². The van der Waals surface area contributed by atoms with Crippen molar-refractivity contribution in [3.05, 3.63) is 53.2 Å². The number of benzene rings is 2. The summed E-state index contributed by atoms with van der Waals surface area (Å²) >= 11 is 0. The van der Waals surface area contributed by atoms with E-state index in [0.29, 0.717) is 65.6 Å². The third-order valence-electron chi connectivity index (χ3n) is 12.1. The topological polar surface area (TPSA) is 93.2 Å². The fraction of sp³-hybridized carbons (Fsp3) is 0.512. The molecule has 4 aromatic rings. The number of piperazine rings is 1. The molecule has 56 heavy (non-hydrogen) atoms.